The van der Waals surface area contributed by atoms with Gasteiger partial charge in [-0.15, -0.1) is 10.2 Å². The molecule has 0 saturated carbocycles. The molecule has 2 aromatic heterocycles. The number of aromatic carboxylic acids is 1. The standard InChI is InChI=1S/C18H13BN4O5/c20-15-12-3-1-9(7-14(12)22-23-16(15)18(24)25)13-8-10(19(26)27)2-4-11(13)17-21-5-6-28-17/h1-8,26-27H,(H2,20,22)(H,24,25). The van der Waals surface area contributed by atoms with E-state index >= 15 is 0 Å². The lowest BCUT2D eigenvalue weighted by Gasteiger charge is -2.11. The Bertz CT molecular complexity index is 1190. The third-order valence-corrected chi connectivity index (χ3v) is 4.32. The maximum Gasteiger partial charge on any atom is 0.488 e. The average molecular weight is 376 g/mol. The van der Waals surface area contributed by atoms with Crippen molar-refractivity contribution in [2.24, 2.45) is 0 Å². The van der Waals surface area contributed by atoms with E-state index in [1.54, 1.807) is 36.4 Å². The molecule has 0 atom stereocenters. The number of nitrogens with zero attached hydrogens (tertiary/aromatic N) is 3. The van der Waals surface area contributed by atoms with Crippen LogP contribution < -0.4 is 11.2 Å². The molecule has 4 rings (SSSR count). The molecule has 0 saturated heterocycles. The first-order chi connectivity index (χ1) is 13.5. The van der Waals surface area contributed by atoms with Gasteiger partial charge in [0.2, 0.25) is 5.89 Å². The SMILES string of the molecule is Nc1c(C(=O)O)nnc2cc(-c3cc(B(O)O)ccc3-c3ncco3)ccc12. The van der Waals surface area contributed by atoms with Gasteiger partial charge in [-0.1, -0.05) is 18.2 Å². The average Bonchev–Trinajstić information content (AvgIpc) is 3.21. The number of nitrogens with two attached hydrogens (primary N) is 1. The molecule has 138 valence electrons. The number of fused-ring (bicyclic) bond motifs is 1. The molecule has 0 amide bonds. The number of benzene rings is 2. The van der Waals surface area contributed by atoms with Crippen LogP contribution >= 0.6 is 0 Å². The Balaban J connectivity index is 1.93. The summed E-state index contributed by atoms with van der Waals surface area (Å²) in [5.74, 6) is -0.896. The zero-order valence-corrected chi connectivity index (χ0v) is 14.3. The highest BCUT2D eigenvalue weighted by Crippen LogP contribution is 2.33. The second kappa shape index (κ2) is 6.76. The van der Waals surface area contributed by atoms with Gasteiger partial charge in [0.1, 0.15) is 6.26 Å². The molecule has 10 heteroatoms. The van der Waals surface area contributed by atoms with Gasteiger partial charge in [-0.2, -0.15) is 0 Å². The van der Waals surface area contributed by atoms with E-state index in [4.69, 9.17) is 15.3 Å². The number of anilines is 1. The predicted molar refractivity (Wildman–Crippen MR) is 102 cm³/mol. The smallest absolute Gasteiger partial charge is 0.476 e. The third kappa shape index (κ3) is 2.96. The molecule has 0 aliphatic rings. The normalized spacial score (nSPS) is 10.9. The Morgan fingerprint density at radius 1 is 1.07 bits per heavy atom. The number of hydrogen-bond acceptors (Lipinski definition) is 8. The number of oxazole rings is 1. The van der Waals surface area contributed by atoms with E-state index in [0.717, 1.165) is 0 Å². The number of carboxylic acid groups (broad SMARTS) is 1. The van der Waals surface area contributed by atoms with Crippen LogP contribution in [0.5, 0.6) is 0 Å². The van der Waals surface area contributed by atoms with Crippen molar-refractivity contribution in [2.75, 3.05) is 5.73 Å². The largest absolute Gasteiger partial charge is 0.488 e. The van der Waals surface area contributed by atoms with Gasteiger partial charge in [0.25, 0.3) is 0 Å². The van der Waals surface area contributed by atoms with E-state index in [1.807, 2.05) is 0 Å². The molecular formula is C18H13BN4O5. The Hall–Kier alpha value is -3.76. The summed E-state index contributed by atoms with van der Waals surface area (Å²) < 4.78 is 5.38. The molecule has 28 heavy (non-hydrogen) atoms. The number of rotatable bonds is 4. The minimum Gasteiger partial charge on any atom is -0.476 e. The highest BCUT2D eigenvalue weighted by Gasteiger charge is 2.19. The van der Waals surface area contributed by atoms with Crippen LogP contribution in [0, 0.1) is 0 Å². The highest BCUT2D eigenvalue weighted by molar-refractivity contribution is 6.58. The summed E-state index contributed by atoms with van der Waals surface area (Å²) in [6, 6.07) is 9.89. The monoisotopic (exact) mass is 376 g/mol. The van der Waals surface area contributed by atoms with Crippen molar-refractivity contribution in [1.29, 1.82) is 0 Å². The molecule has 0 fully saturated rings. The molecule has 0 radical (unpaired) electrons. The van der Waals surface area contributed by atoms with Gasteiger partial charge in [-0.3, -0.25) is 0 Å². The Labute approximate surface area is 158 Å². The summed E-state index contributed by atoms with van der Waals surface area (Å²) in [7, 11) is -1.65. The van der Waals surface area contributed by atoms with E-state index in [1.165, 1.54) is 12.5 Å². The van der Waals surface area contributed by atoms with Gasteiger partial charge in [-0.25, -0.2) is 9.78 Å². The first-order valence-electron chi connectivity index (χ1n) is 8.15. The van der Waals surface area contributed by atoms with E-state index < -0.39 is 13.1 Å². The fraction of sp³-hybridized carbons (Fsp3) is 0. The topological polar surface area (TPSA) is 156 Å². The van der Waals surface area contributed by atoms with Crippen LogP contribution in [0.15, 0.2) is 53.3 Å². The van der Waals surface area contributed by atoms with Gasteiger partial charge < -0.3 is 25.3 Å². The highest BCUT2D eigenvalue weighted by atomic mass is 16.4. The van der Waals surface area contributed by atoms with E-state index in [2.05, 4.69) is 15.2 Å². The van der Waals surface area contributed by atoms with Crippen LogP contribution in [-0.2, 0) is 0 Å². The number of hydrogen-bond donors (Lipinski definition) is 4. The fourth-order valence-corrected chi connectivity index (χ4v) is 2.96. The van der Waals surface area contributed by atoms with Crippen molar-refractivity contribution in [3.63, 3.8) is 0 Å². The number of nitrogen functional groups attached to an aromatic ring is 1. The Kier molecular flexibility index (Phi) is 4.26. The second-order valence-corrected chi connectivity index (χ2v) is 6.02. The minimum absolute atomic E-state index is 0.0245. The van der Waals surface area contributed by atoms with Crippen LogP contribution in [0.4, 0.5) is 5.69 Å². The van der Waals surface area contributed by atoms with Crippen molar-refractivity contribution in [3.05, 3.63) is 54.6 Å². The molecular weight excluding hydrogens is 363 g/mol. The summed E-state index contributed by atoms with van der Waals surface area (Å²) >= 11 is 0. The van der Waals surface area contributed by atoms with Gasteiger partial charge >= 0.3 is 13.1 Å². The van der Waals surface area contributed by atoms with Gasteiger partial charge in [0.15, 0.2) is 5.69 Å². The maximum absolute atomic E-state index is 11.2. The Morgan fingerprint density at radius 3 is 2.57 bits per heavy atom. The van der Waals surface area contributed by atoms with Gasteiger partial charge in [0.05, 0.1) is 17.4 Å². The van der Waals surface area contributed by atoms with E-state index in [9.17, 15) is 14.8 Å². The number of carbonyl (C=O) groups is 1. The molecule has 2 heterocycles. The molecule has 9 nitrogen and oxygen atoms in total. The number of carboxylic acids is 1. The van der Waals surface area contributed by atoms with Crippen LogP contribution in [0.25, 0.3) is 33.5 Å². The van der Waals surface area contributed by atoms with Crippen molar-refractivity contribution < 1.29 is 24.4 Å². The van der Waals surface area contributed by atoms with Crippen molar-refractivity contribution in [1.82, 2.24) is 15.2 Å². The predicted octanol–water partition coefficient (Wildman–Crippen LogP) is 0.912. The third-order valence-electron chi connectivity index (χ3n) is 4.32. The molecule has 0 unspecified atom stereocenters. The lowest BCUT2D eigenvalue weighted by molar-refractivity contribution is 0.0690. The van der Waals surface area contributed by atoms with Crippen molar-refractivity contribution >= 4 is 35.1 Å². The Morgan fingerprint density at radius 2 is 1.89 bits per heavy atom. The van der Waals surface area contributed by atoms with E-state index in [-0.39, 0.29) is 16.8 Å². The molecule has 0 aliphatic heterocycles. The van der Waals surface area contributed by atoms with Crippen LogP contribution in [0.1, 0.15) is 10.5 Å². The summed E-state index contributed by atoms with van der Waals surface area (Å²) in [5, 5.41) is 36.3. The van der Waals surface area contributed by atoms with Crippen molar-refractivity contribution in [3.8, 4) is 22.6 Å². The first-order valence-corrected chi connectivity index (χ1v) is 8.15. The summed E-state index contributed by atoms with van der Waals surface area (Å²) in [5.41, 5.74) is 8.23. The lowest BCUT2D eigenvalue weighted by Crippen LogP contribution is -2.29. The minimum atomic E-state index is -1.65. The quantitative estimate of drug-likeness (QED) is 0.380. The fourth-order valence-electron chi connectivity index (χ4n) is 2.96. The zero-order valence-electron chi connectivity index (χ0n) is 14.3. The molecule has 0 bridgehead atoms. The van der Waals surface area contributed by atoms with Crippen molar-refractivity contribution in [2.45, 2.75) is 0 Å². The second-order valence-electron chi connectivity index (χ2n) is 6.02. The molecule has 0 spiro atoms. The lowest BCUT2D eigenvalue weighted by atomic mass is 9.78. The van der Waals surface area contributed by atoms with Crippen LogP contribution in [0.3, 0.4) is 0 Å². The summed E-state index contributed by atoms with van der Waals surface area (Å²) in [6.07, 6.45) is 2.95. The summed E-state index contributed by atoms with van der Waals surface area (Å²) in [6.45, 7) is 0. The van der Waals surface area contributed by atoms with Gasteiger partial charge in [0, 0.05) is 10.9 Å². The molecule has 0 aliphatic carbocycles. The zero-order chi connectivity index (χ0) is 19.8. The molecule has 4 aromatic rings. The van der Waals surface area contributed by atoms with Crippen LogP contribution in [-0.4, -0.2) is 43.4 Å². The van der Waals surface area contributed by atoms with Gasteiger partial charge in [-0.05, 0) is 34.8 Å². The number of aromatic nitrogens is 3. The molecule has 5 N–H and O–H groups in total. The maximum atomic E-state index is 11.2. The van der Waals surface area contributed by atoms with Crippen LogP contribution in [0.2, 0.25) is 0 Å². The molecule has 2 aromatic carbocycles. The summed E-state index contributed by atoms with van der Waals surface area (Å²) in [4.78, 5) is 15.3. The first kappa shape index (κ1) is 17.6. The van der Waals surface area contributed by atoms with E-state index in [0.29, 0.717) is 33.5 Å².